The van der Waals surface area contributed by atoms with Gasteiger partial charge in [-0.2, -0.15) is 0 Å². The van der Waals surface area contributed by atoms with Crippen LogP contribution in [0.15, 0.2) is 47.0 Å². The van der Waals surface area contributed by atoms with E-state index in [0.29, 0.717) is 0 Å². The summed E-state index contributed by atoms with van der Waals surface area (Å²) in [5.41, 5.74) is 6.93. The molecule has 1 aromatic carbocycles. The van der Waals surface area contributed by atoms with Crippen molar-refractivity contribution in [2.24, 2.45) is 4.99 Å². The molecule has 0 unspecified atom stereocenters. The lowest BCUT2D eigenvalue weighted by Crippen LogP contribution is -2.16. The quantitative estimate of drug-likeness (QED) is 0.601. The van der Waals surface area contributed by atoms with E-state index >= 15 is 0 Å². The Morgan fingerprint density at radius 3 is 2.29 bits per heavy atom. The second kappa shape index (κ2) is 6.08. The van der Waals surface area contributed by atoms with Crippen molar-refractivity contribution < 1.29 is 4.58 Å². The maximum Gasteiger partial charge on any atom is 0.202 e. The van der Waals surface area contributed by atoms with Crippen LogP contribution in [0.25, 0.3) is 0 Å². The lowest BCUT2D eigenvalue weighted by molar-refractivity contribution is -0.463. The van der Waals surface area contributed by atoms with Crippen molar-refractivity contribution in [3.8, 4) is 0 Å². The van der Waals surface area contributed by atoms with E-state index in [1.165, 1.54) is 22.5 Å². The predicted molar refractivity (Wildman–Crippen MR) is 92.6 cm³/mol. The summed E-state index contributed by atoms with van der Waals surface area (Å²) in [6.45, 7) is 4.24. The Morgan fingerprint density at radius 1 is 1.05 bits per heavy atom. The van der Waals surface area contributed by atoms with Crippen LogP contribution in [-0.2, 0) is 0 Å². The second-order valence-corrected chi connectivity index (χ2v) is 5.84. The van der Waals surface area contributed by atoms with Gasteiger partial charge >= 0.3 is 0 Å². The van der Waals surface area contributed by atoms with Crippen molar-refractivity contribution >= 4 is 22.8 Å². The van der Waals surface area contributed by atoms with Gasteiger partial charge in [-0.1, -0.05) is 0 Å². The third-order valence-corrected chi connectivity index (χ3v) is 3.58. The van der Waals surface area contributed by atoms with Crippen LogP contribution in [0.3, 0.4) is 0 Å². The Hall–Kier alpha value is -2.16. The number of hydrogen-bond donors (Lipinski definition) is 0. The van der Waals surface area contributed by atoms with E-state index < -0.39 is 0 Å². The first-order valence-electron chi connectivity index (χ1n) is 7.16. The van der Waals surface area contributed by atoms with Crippen molar-refractivity contribution in [2.75, 3.05) is 33.1 Å². The van der Waals surface area contributed by atoms with Crippen LogP contribution in [0.2, 0.25) is 0 Å². The van der Waals surface area contributed by atoms with Crippen LogP contribution < -0.4 is 4.90 Å². The van der Waals surface area contributed by atoms with E-state index in [1.807, 2.05) is 0 Å². The SMILES string of the molecule is CC1=CC(=Nc2ccc(N(C)C)c(C)c2)C=CC1=[N+](C)C. The summed E-state index contributed by atoms with van der Waals surface area (Å²) in [5.74, 6) is 0. The highest BCUT2D eigenvalue weighted by atomic mass is 15.1. The molecule has 0 aromatic heterocycles. The van der Waals surface area contributed by atoms with Gasteiger partial charge in [0, 0.05) is 31.4 Å². The number of benzene rings is 1. The maximum atomic E-state index is 4.73. The van der Waals surface area contributed by atoms with Crippen LogP contribution in [0.4, 0.5) is 11.4 Å². The zero-order chi connectivity index (χ0) is 15.6. The Kier molecular flexibility index (Phi) is 4.41. The molecule has 3 heteroatoms. The Labute approximate surface area is 127 Å². The number of aryl methyl sites for hydroxylation is 1. The average Bonchev–Trinajstić information content (AvgIpc) is 2.37. The molecule has 21 heavy (non-hydrogen) atoms. The van der Waals surface area contributed by atoms with Gasteiger partial charge in [-0.05, 0) is 49.8 Å². The van der Waals surface area contributed by atoms with Gasteiger partial charge < -0.3 is 4.90 Å². The van der Waals surface area contributed by atoms with Gasteiger partial charge in [-0.15, -0.1) is 0 Å². The normalized spacial score (nSPS) is 16.2. The van der Waals surface area contributed by atoms with Gasteiger partial charge in [-0.3, -0.25) is 0 Å². The van der Waals surface area contributed by atoms with Gasteiger partial charge in [0.15, 0.2) is 0 Å². The molecule has 0 N–H and O–H groups in total. The minimum Gasteiger partial charge on any atom is -0.377 e. The summed E-state index contributed by atoms with van der Waals surface area (Å²) < 4.78 is 2.12. The van der Waals surface area contributed by atoms with E-state index in [0.717, 1.165) is 11.4 Å². The molecule has 1 aliphatic carbocycles. The number of anilines is 1. The first-order chi connectivity index (χ1) is 9.88. The number of aliphatic imine (C=N–C) groups is 1. The monoisotopic (exact) mass is 282 g/mol. The molecule has 1 aliphatic rings. The maximum absolute atomic E-state index is 4.73. The Bertz CT molecular complexity index is 670. The molecule has 3 nitrogen and oxygen atoms in total. The van der Waals surface area contributed by atoms with Crippen LogP contribution in [-0.4, -0.2) is 44.2 Å². The minimum atomic E-state index is 0.995. The smallest absolute Gasteiger partial charge is 0.202 e. The van der Waals surface area contributed by atoms with E-state index in [9.17, 15) is 0 Å². The fourth-order valence-electron chi connectivity index (χ4n) is 2.57. The third-order valence-electron chi connectivity index (χ3n) is 3.58. The summed E-state index contributed by atoms with van der Waals surface area (Å²) in [7, 11) is 8.23. The van der Waals surface area contributed by atoms with Gasteiger partial charge in [-0.25, -0.2) is 9.57 Å². The number of rotatable bonds is 2. The summed E-state index contributed by atoms with van der Waals surface area (Å²) in [6, 6.07) is 6.32. The predicted octanol–water partition coefficient (Wildman–Crippen LogP) is 3.36. The molecule has 0 heterocycles. The molecule has 0 spiro atoms. The van der Waals surface area contributed by atoms with Crippen molar-refractivity contribution in [3.63, 3.8) is 0 Å². The molecule has 0 bridgehead atoms. The molecule has 0 fully saturated rings. The van der Waals surface area contributed by atoms with Crippen LogP contribution in [0.1, 0.15) is 12.5 Å². The zero-order valence-electron chi connectivity index (χ0n) is 13.8. The largest absolute Gasteiger partial charge is 0.377 e. The standard InChI is InChI=1S/C18H24N3/c1-13-11-15(7-9-17(13)20(3)4)19-16-8-10-18(21(5)6)14(2)12-16/h7-12H,1-6H3/q+1. The zero-order valence-corrected chi connectivity index (χ0v) is 13.8. The van der Waals surface area contributed by atoms with Crippen molar-refractivity contribution in [2.45, 2.75) is 13.8 Å². The van der Waals surface area contributed by atoms with E-state index in [1.54, 1.807) is 0 Å². The molecular weight excluding hydrogens is 258 g/mol. The molecule has 0 saturated carbocycles. The van der Waals surface area contributed by atoms with Crippen LogP contribution in [0, 0.1) is 6.92 Å². The highest BCUT2D eigenvalue weighted by Crippen LogP contribution is 2.24. The molecule has 2 rings (SSSR count). The topological polar surface area (TPSA) is 18.6 Å². The lowest BCUT2D eigenvalue weighted by Gasteiger charge is -2.15. The highest BCUT2D eigenvalue weighted by Gasteiger charge is 2.12. The Balaban J connectivity index is 2.32. The lowest BCUT2D eigenvalue weighted by atomic mass is 10.0. The number of hydrogen-bond acceptors (Lipinski definition) is 2. The summed E-state index contributed by atoms with van der Waals surface area (Å²) in [6.07, 6.45) is 6.32. The fraction of sp³-hybridized carbons (Fsp3) is 0.333. The van der Waals surface area contributed by atoms with Gasteiger partial charge in [0.25, 0.3) is 0 Å². The first-order valence-corrected chi connectivity index (χ1v) is 7.16. The second-order valence-electron chi connectivity index (χ2n) is 5.84. The molecule has 0 amide bonds. The Morgan fingerprint density at radius 2 is 1.76 bits per heavy atom. The molecule has 0 atom stereocenters. The van der Waals surface area contributed by atoms with E-state index in [2.05, 4.69) is 87.9 Å². The molecule has 1 aromatic rings. The number of nitrogens with zero attached hydrogens (tertiary/aromatic N) is 3. The first kappa shape index (κ1) is 15.2. The van der Waals surface area contributed by atoms with Crippen LogP contribution >= 0.6 is 0 Å². The molecular formula is C18H24N3+. The highest BCUT2D eigenvalue weighted by molar-refractivity contribution is 6.19. The van der Waals surface area contributed by atoms with Crippen molar-refractivity contribution in [3.05, 3.63) is 47.6 Å². The molecule has 110 valence electrons. The van der Waals surface area contributed by atoms with Gasteiger partial charge in [0.2, 0.25) is 5.71 Å². The van der Waals surface area contributed by atoms with Gasteiger partial charge in [0.1, 0.15) is 14.1 Å². The van der Waals surface area contributed by atoms with E-state index in [4.69, 9.17) is 4.99 Å². The molecule has 0 aliphatic heterocycles. The van der Waals surface area contributed by atoms with Crippen molar-refractivity contribution in [1.82, 2.24) is 0 Å². The van der Waals surface area contributed by atoms with E-state index in [-0.39, 0.29) is 0 Å². The van der Waals surface area contributed by atoms with Gasteiger partial charge in [0.05, 0.1) is 11.4 Å². The van der Waals surface area contributed by atoms with Crippen molar-refractivity contribution in [1.29, 1.82) is 0 Å². The summed E-state index contributed by atoms with van der Waals surface area (Å²) in [5, 5.41) is 0. The minimum absolute atomic E-state index is 0.995. The fourth-order valence-corrected chi connectivity index (χ4v) is 2.57. The van der Waals surface area contributed by atoms with Crippen LogP contribution in [0.5, 0.6) is 0 Å². The third kappa shape index (κ3) is 3.48. The molecule has 0 saturated heterocycles. The molecule has 0 radical (unpaired) electrons. The summed E-state index contributed by atoms with van der Waals surface area (Å²) >= 11 is 0. The summed E-state index contributed by atoms with van der Waals surface area (Å²) in [4.78, 5) is 6.85. The number of allylic oxidation sites excluding steroid dienone is 4. The average molecular weight is 282 g/mol.